The van der Waals surface area contributed by atoms with Gasteiger partial charge in [-0.15, -0.1) is 0 Å². The van der Waals surface area contributed by atoms with E-state index < -0.39 is 0 Å². The molecule has 3 heteroatoms. The highest BCUT2D eigenvalue weighted by molar-refractivity contribution is 5.81. The van der Waals surface area contributed by atoms with Gasteiger partial charge < -0.3 is 10.6 Å². The molecule has 0 saturated heterocycles. The second-order valence-electron chi connectivity index (χ2n) is 5.60. The second-order valence-corrected chi connectivity index (χ2v) is 5.60. The van der Waals surface area contributed by atoms with E-state index in [2.05, 4.69) is 24.5 Å². The van der Waals surface area contributed by atoms with Crippen molar-refractivity contribution in [2.45, 2.75) is 90.3 Å². The highest BCUT2D eigenvalue weighted by atomic mass is 16.2. The molecule has 0 aliphatic heterocycles. The van der Waals surface area contributed by atoms with Gasteiger partial charge in [-0.2, -0.15) is 0 Å². The number of carbonyl (C=O) groups excluding carboxylic acids is 1. The van der Waals surface area contributed by atoms with Gasteiger partial charge in [0.25, 0.3) is 0 Å². The molecule has 1 rings (SSSR count). The van der Waals surface area contributed by atoms with Crippen LogP contribution >= 0.6 is 0 Å². The summed E-state index contributed by atoms with van der Waals surface area (Å²) in [6.45, 7) is 6.23. The van der Waals surface area contributed by atoms with Gasteiger partial charge in [0.05, 0.1) is 6.04 Å². The van der Waals surface area contributed by atoms with E-state index in [1.165, 1.54) is 38.5 Å². The third kappa shape index (κ3) is 5.38. The maximum atomic E-state index is 12.1. The Hall–Kier alpha value is -0.570. The van der Waals surface area contributed by atoms with Gasteiger partial charge in [0, 0.05) is 12.1 Å². The van der Waals surface area contributed by atoms with Gasteiger partial charge in [-0.3, -0.25) is 4.79 Å². The van der Waals surface area contributed by atoms with E-state index in [0.29, 0.717) is 12.1 Å². The number of rotatable bonds is 6. The van der Waals surface area contributed by atoms with Gasteiger partial charge in [-0.1, -0.05) is 39.5 Å². The van der Waals surface area contributed by atoms with E-state index in [9.17, 15) is 4.79 Å². The van der Waals surface area contributed by atoms with Gasteiger partial charge in [0.1, 0.15) is 0 Å². The lowest BCUT2D eigenvalue weighted by molar-refractivity contribution is -0.123. The molecule has 2 N–H and O–H groups in total. The van der Waals surface area contributed by atoms with Gasteiger partial charge in [0.15, 0.2) is 0 Å². The molecule has 0 radical (unpaired) electrons. The zero-order chi connectivity index (χ0) is 13.4. The number of carbonyl (C=O) groups is 1. The van der Waals surface area contributed by atoms with Crippen LogP contribution < -0.4 is 10.6 Å². The summed E-state index contributed by atoms with van der Waals surface area (Å²) in [5.74, 6) is 0.160. The third-order valence-electron chi connectivity index (χ3n) is 4.07. The summed E-state index contributed by atoms with van der Waals surface area (Å²) in [5.41, 5.74) is 0. The summed E-state index contributed by atoms with van der Waals surface area (Å²) in [6, 6.07) is 0.805. The molecule has 1 atom stereocenters. The van der Waals surface area contributed by atoms with Gasteiger partial charge in [0.2, 0.25) is 5.91 Å². The van der Waals surface area contributed by atoms with Crippen LogP contribution in [0.15, 0.2) is 0 Å². The Labute approximate surface area is 112 Å². The van der Waals surface area contributed by atoms with Crippen molar-refractivity contribution in [3.63, 3.8) is 0 Å². The molecule has 1 unspecified atom stereocenters. The Morgan fingerprint density at radius 3 is 2.17 bits per heavy atom. The van der Waals surface area contributed by atoms with E-state index >= 15 is 0 Å². The summed E-state index contributed by atoms with van der Waals surface area (Å²) in [5, 5.41) is 6.62. The van der Waals surface area contributed by atoms with Crippen LogP contribution in [0, 0.1) is 0 Å². The third-order valence-corrected chi connectivity index (χ3v) is 4.07. The minimum absolute atomic E-state index is 0.0614. The number of hydrogen-bond acceptors (Lipinski definition) is 2. The fourth-order valence-corrected chi connectivity index (χ4v) is 2.69. The maximum Gasteiger partial charge on any atom is 0.237 e. The van der Waals surface area contributed by atoms with Crippen molar-refractivity contribution in [2.24, 2.45) is 0 Å². The topological polar surface area (TPSA) is 41.1 Å². The first-order valence-electron chi connectivity index (χ1n) is 7.73. The molecule has 1 aliphatic rings. The SMILES string of the molecule is CCC(CC)NC(=O)C(C)NC1CCCCCC1. The fourth-order valence-electron chi connectivity index (χ4n) is 2.69. The van der Waals surface area contributed by atoms with Crippen LogP contribution in [-0.2, 0) is 4.79 Å². The van der Waals surface area contributed by atoms with Gasteiger partial charge >= 0.3 is 0 Å². The molecule has 106 valence electrons. The monoisotopic (exact) mass is 254 g/mol. The lowest BCUT2D eigenvalue weighted by Gasteiger charge is -2.23. The van der Waals surface area contributed by atoms with Crippen molar-refractivity contribution >= 4 is 5.91 Å². The molecule has 0 spiro atoms. The predicted molar refractivity (Wildman–Crippen MR) is 76.6 cm³/mol. The van der Waals surface area contributed by atoms with Crippen molar-refractivity contribution in [3.05, 3.63) is 0 Å². The van der Waals surface area contributed by atoms with Crippen molar-refractivity contribution < 1.29 is 4.79 Å². The van der Waals surface area contributed by atoms with Crippen LogP contribution in [0.2, 0.25) is 0 Å². The maximum absolute atomic E-state index is 12.1. The fraction of sp³-hybridized carbons (Fsp3) is 0.933. The molecular formula is C15H30N2O. The number of nitrogens with one attached hydrogen (secondary N) is 2. The zero-order valence-corrected chi connectivity index (χ0v) is 12.3. The smallest absolute Gasteiger partial charge is 0.237 e. The van der Waals surface area contributed by atoms with Crippen molar-refractivity contribution in [1.82, 2.24) is 10.6 Å². The van der Waals surface area contributed by atoms with Crippen LogP contribution in [0.3, 0.4) is 0 Å². The first kappa shape index (κ1) is 15.5. The standard InChI is InChI=1S/C15H30N2O/c1-4-13(5-2)17-15(18)12(3)16-14-10-8-6-7-9-11-14/h12-14,16H,4-11H2,1-3H3,(H,17,18). The molecule has 0 aromatic heterocycles. The molecule has 0 heterocycles. The van der Waals surface area contributed by atoms with E-state index in [4.69, 9.17) is 0 Å². The lowest BCUT2D eigenvalue weighted by Crippen LogP contribution is -2.49. The first-order valence-corrected chi connectivity index (χ1v) is 7.73. The van der Waals surface area contributed by atoms with Gasteiger partial charge in [-0.25, -0.2) is 0 Å². The zero-order valence-electron chi connectivity index (χ0n) is 12.3. The Bertz CT molecular complexity index is 231. The molecule has 0 aromatic carbocycles. The highest BCUT2D eigenvalue weighted by Crippen LogP contribution is 2.17. The van der Waals surface area contributed by atoms with E-state index in [0.717, 1.165) is 12.8 Å². The number of hydrogen-bond donors (Lipinski definition) is 2. The number of amides is 1. The Morgan fingerprint density at radius 2 is 1.67 bits per heavy atom. The highest BCUT2D eigenvalue weighted by Gasteiger charge is 2.20. The van der Waals surface area contributed by atoms with Crippen molar-refractivity contribution in [3.8, 4) is 0 Å². The largest absolute Gasteiger partial charge is 0.352 e. The Kier molecular flexibility index (Phi) is 7.33. The Balaban J connectivity index is 2.33. The molecule has 1 amide bonds. The van der Waals surface area contributed by atoms with E-state index in [1.54, 1.807) is 0 Å². The molecule has 0 aromatic rings. The summed E-state index contributed by atoms with van der Waals surface area (Å²) >= 11 is 0. The van der Waals surface area contributed by atoms with E-state index in [1.807, 2.05) is 6.92 Å². The molecule has 18 heavy (non-hydrogen) atoms. The van der Waals surface area contributed by atoms with Crippen LogP contribution in [0.4, 0.5) is 0 Å². The minimum atomic E-state index is -0.0614. The van der Waals surface area contributed by atoms with Crippen molar-refractivity contribution in [1.29, 1.82) is 0 Å². The summed E-state index contributed by atoms with van der Waals surface area (Å²) in [4.78, 5) is 12.1. The molecule has 0 bridgehead atoms. The molecule has 3 nitrogen and oxygen atoms in total. The lowest BCUT2D eigenvalue weighted by atomic mass is 10.1. The first-order chi connectivity index (χ1) is 8.67. The molecule has 1 aliphatic carbocycles. The quantitative estimate of drug-likeness (QED) is 0.715. The predicted octanol–water partition coefficient (Wildman–Crippen LogP) is 2.99. The second kappa shape index (κ2) is 8.52. The molecular weight excluding hydrogens is 224 g/mol. The van der Waals surface area contributed by atoms with Gasteiger partial charge in [-0.05, 0) is 32.6 Å². The average Bonchev–Trinajstić information content (AvgIpc) is 2.64. The average molecular weight is 254 g/mol. The molecule has 1 saturated carbocycles. The van der Waals surface area contributed by atoms with Crippen LogP contribution in [0.25, 0.3) is 0 Å². The molecule has 1 fully saturated rings. The van der Waals surface area contributed by atoms with Crippen LogP contribution in [0.5, 0.6) is 0 Å². The van der Waals surface area contributed by atoms with Crippen molar-refractivity contribution in [2.75, 3.05) is 0 Å². The van der Waals surface area contributed by atoms with Crippen LogP contribution in [-0.4, -0.2) is 24.0 Å². The summed E-state index contributed by atoms with van der Waals surface area (Å²) in [7, 11) is 0. The Morgan fingerprint density at radius 1 is 1.11 bits per heavy atom. The minimum Gasteiger partial charge on any atom is -0.352 e. The normalized spacial score (nSPS) is 19.6. The van der Waals surface area contributed by atoms with Crippen LogP contribution in [0.1, 0.15) is 72.1 Å². The summed E-state index contributed by atoms with van der Waals surface area (Å²) < 4.78 is 0. The summed E-state index contributed by atoms with van der Waals surface area (Å²) in [6.07, 6.45) is 9.79. The van der Waals surface area contributed by atoms with E-state index in [-0.39, 0.29) is 11.9 Å².